The molecule has 1 aromatic rings. The number of anilines is 1. The number of benzene rings is 1. The number of ether oxygens (including phenoxy) is 2. The predicted molar refractivity (Wildman–Crippen MR) is 89.4 cm³/mol. The van der Waals surface area contributed by atoms with Crippen LogP contribution in [0.1, 0.15) is 6.42 Å². The summed E-state index contributed by atoms with van der Waals surface area (Å²) in [5.41, 5.74) is 0.389. The van der Waals surface area contributed by atoms with Gasteiger partial charge in [0.1, 0.15) is 17.9 Å². The summed E-state index contributed by atoms with van der Waals surface area (Å²) < 4.78 is 10.3. The van der Waals surface area contributed by atoms with Crippen LogP contribution in [0.25, 0.3) is 0 Å². The number of carbonyl (C=O) groups excluding carboxylic acids is 2. The molecule has 0 unspecified atom stereocenters. The van der Waals surface area contributed by atoms with E-state index in [1.165, 1.54) is 20.3 Å². The first-order valence-electron chi connectivity index (χ1n) is 7.00. The Morgan fingerprint density at radius 3 is 2.35 bits per heavy atom. The number of methoxy groups -OCH3 is 2. The maximum absolute atomic E-state index is 12.0. The van der Waals surface area contributed by atoms with E-state index < -0.39 is 5.91 Å². The largest absolute Gasteiger partial charge is 0.495 e. The number of carbonyl (C=O) groups is 2. The van der Waals surface area contributed by atoms with E-state index in [9.17, 15) is 9.59 Å². The van der Waals surface area contributed by atoms with Gasteiger partial charge in [-0.2, -0.15) is 0 Å². The molecule has 0 saturated heterocycles. The molecule has 0 spiro atoms. The van der Waals surface area contributed by atoms with Crippen LogP contribution in [0.3, 0.4) is 0 Å². The van der Waals surface area contributed by atoms with Crippen molar-refractivity contribution in [2.45, 2.75) is 6.42 Å². The maximum atomic E-state index is 12.0. The van der Waals surface area contributed by atoms with Crippen LogP contribution in [0.2, 0.25) is 5.02 Å². The van der Waals surface area contributed by atoms with Gasteiger partial charge in [-0.1, -0.05) is 11.6 Å². The number of likely N-dealkylation sites (N-methyl/N-ethyl adjacent to an activating group) is 1. The van der Waals surface area contributed by atoms with Crippen molar-refractivity contribution in [1.29, 1.82) is 0 Å². The summed E-state index contributed by atoms with van der Waals surface area (Å²) in [4.78, 5) is 25.6. The van der Waals surface area contributed by atoms with Gasteiger partial charge in [-0.3, -0.25) is 9.59 Å². The topological polar surface area (TPSA) is 79.9 Å². The van der Waals surface area contributed by atoms with E-state index in [2.05, 4.69) is 10.6 Å². The van der Waals surface area contributed by atoms with Gasteiger partial charge in [0.2, 0.25) is 11.8 Å². The number of amides is 2. The molecule has 128 valence electrons. The van der Waals surface area contributed by atoms with E-state index in [4.69, 9.17) is 21.1 Å². The van der Waals surface area contributed by atoms with E-state index in [-0.39, 0.29) is 12.3 Å². The molecule has 0 atom stereocenters. The van der Waals surface area contributed by atoms with Gasteiger partial charge in [-0.05, 0) is 14.1 Å². The highest BCUT2D eigenvalue weighted by Gasteiger charge is 2.14. The minimum Gasteiger partial charge on any atom is -0.495 e. The monoisotopic (exact) mass is 343 g/mol. The molecule has 1 aromatic carbocycles. The fourth-order valence-corrected chi connectivity index (χ4v) is 2.01. The Balaban J connectivity index is 2.64. The molecule has 0 aliphatic carbocycles. The van der Waals surface area contributed by atoms with Crippen molar-refractivity contribution in [2.24, 2.45) is 0 Å². The molecule has 7 nitrogen and oxygen atoms in total. The Morgan fingerprint density at radius 2 is 1.78 bits per heavy atom. The zero-order chi connectivity index (χ0) is 17.4. The summed E-state index contributed by atoms with van der Waals surface area (Å²) in [5, 5.41) is 5.66. The van der Waals surface area contributed by atoms with Gasteiger partial charge in [0, 0.05) is 25.2 Å². The summed E-state index contributed by atoms with van der Waals surface area (Å²) in [6.45, 7) is 1.19. The third-order valence-corrected chi connectivity index (χ3v) is 3.25. The number of nitrogens with one attached hydrogen (secondary N) is 2. The normalized spacial score (nSPS) is 10.3. The summed E-state index contributed by atoms with van der Waals surface area (Å²) in [6.07, 6.45) is -0.276. The lowest BCUT2D eigenvalue weighted by atomic mass is 10.2. The second-order valence-electron chi connectivity index (χ2n) is 5.07. The Hall–Kier alpha value is -1.99. The zero-order valence-electron chi connectivity index (χ0n) is 13.7. The molecular formula is C15H22ClN3O4. The van der Waals surface area contributed by atoms with Crippen LogP contribution in [-0.2, 0) is 9.59 Å². The second kappa shape index (κ2) is 9.22. The lowest BCUT2D eigenvalue weighted by molar-refractivity contribution is -0.126. The van der Waals surface area contributed by atoms with Crippen LogP contribution in [0.4, 0.5) is 5.69 Å². The van der Waals surface area contributed by atoms with Crippen molar-refractivity contribution in [3.05, 3.63) is 17.2 Å². The highest BCUT2D eigenvalue weighted by molar-refractivity contribution is 6.32. The third-order valence-electron chi connectivity index (χ3n) is 2.95. The van der Waals surface area contributed by atoms with Crippen molar-refractivity contribution in [3.8, 4) is 11.5 Å². The summed E-state index contributed by atoms with van der Waals surface area (Å²) >= 11 is 6.00. The standard InChI is InChI=1S/C15H22ClN3O4/c1-19(2)6-5-17-14(20)9-15(21)18-11-8-12(22-3)10(16)7-13(11)23-4/h7-8H,5-6,9H2,1-4H3,(H,17,20)(H,18,21). The van der Waals surface area contributed by atoms with E-state index in [0.29, 0.717) is 35.3 Å². The van der Waals surface area contributed by atoms with Crippen molar-refractivity contribution < 1.29 is 19.1 Å². The van der Waals surface area contributed by atoms with E-state index in [0.717, 1.165) is 0 Å². The van der Waals surface area contributed by atoms with E-state index >= 15 is 0 Å². The first kappa shape index (κ1) is 19.1. The average Bonchev–Trinajstić information content (AvgIpc) is 2.47. The molecular weight excluding hydrogens is 322 g/mol. The van der Waals surface area contributed by atoms with Gasteiger partial charge in [0.25, 0.3) is 0 Å². The molecule has 2 amide bonds. The summed E-state index contributed by atoms with van der Waals surface area (Å²) in [5.74, 6) is -0.00496. The maximum Gasteiger partial charge on any atom is 0.233 e. The first-order chi connectivity index (χ1) is 10.9. The lowest BCUT2D eigenvalue weighted by Crippen LogP contribution is -2.33. The molecule has 0 aliphatic rings. The molecule has 0 aliphatic heterocycles. The van der Waals surface area contributed by atoms with Crippen molar-refractivity contribution in [3.63, 3.8) is 0 Å². The van der Waals surface area contributed by atoms with Gasteiger partial charge in [0.15, 0.2) is 0 Å². The molecule has 1 rings (SSSR count). The fourth-order valence-electron chi connectivity index (χ4n) is 1.78. The number of nitrogens with zero attached hydrogens (tertiary/aromatic N) is 1. The Labute approximate surface area is 140 Å². The smallest absolute Gasteiger partial charge is 0.233 e. The summed E-state index contributed by atoms with van der Waals surface area (Å²) in [6, 6.07) is 3.08. The fraction of sp³-hybridized carbons (Fsp3) is 0.467. The minimum atomic E-state index is -0.449. The molecule has 8 heteroatoms. The molecule has 0 bridgehead atoms. The SMILES string of the molecule is COc1cc(NC(=O)CC(=O)NCCN(C)C)c(OC)cc1Cl. The number of rotatable bonds is 8. The lowest BCUT2D eigenvalue weighted by Gasteiger charge is -2.13. The predicted octanol–water partition coefficient (Wildman–Crippen LogP) is 1.36. The molecule has 2 N–H and O–H groups in total. The van der Waals surface area contributed by atoms with Gasteiger partial charge >= 0.3 is 0 Å². The Bertz CT molecular complexity index is 564. The van der Waals surface area contributed by atoms with E-state index in [1.54, 1.807) is 6.07 Å². The first-order valence-corrected chi connectivity index (χ1v) is 7.38. The average molecular weight is 344 g/mol. The quantitative estimate of drug-likeness (QED) is 0.697. The van der Waals surface area contributed by atoms with Gasteiger partial charge in [0.05, 0.1) is 24.9 Å². The van der Waals surface area contributed by atoms with Crippen molar-refractivity contribution in [2.75, 3.05) is 46.7 Å². The van der Waals surface area contributed by atoms with Gasteiger partial charge in [-0.15, -0.1) is 0 Å². The number of halogens is 1. The Kier molecular flexibility index (Phi) is 7.64. The highest BCUT2D eigenvalue weighted by Crippen LogP contribution is 2.35. The molecule has 0 fully saturated rings. The Morgan fingerprint density at radius 1 is 1.13 bits per heavy atom. The van der Waals surface area contributed by atoms with Crippen LogP contribution in [0.5, 0.6) is 11.5 Å². The van der Waals surface area contributed by atoms with Crippen molar-refractivity contribution >= 4 is 29.1 Å². The van der Waals surface area contributed by atoms with Crippen LogP contribution in [0.15, 0.2) is 12.1 Å². The molecule has 0 radical (unpaired) electrons. The van der Waals surface area contributed by atoms with Gasteiger partial charge < -0.3 is 25.0 Å². The number of hydrogen-bond donors (Lipinski definition) is 2. The zero-order valence-corrected chi connectivity index (χ0v) is 14.5. The van der Waals surface area contributed by atoms with Crippen LogP contribution in [0, 0.1) is 0 Å². The van der Waals surface area contributed by atoms with Gasteiger partial charge in [-0.25, -0.2) is 0 Å². The summed E-state index contributed by atoms with van der Waals surface area (Å²) in [7, 11) is 6.73. The van der Waals surface area contributed by atoms with Crippen LogP contribution in [-0.4, -0.2) is 58.1 Å². The molecule has 0 saturated carbocycles. The van der Waals surface area contributed by atoms with Crippen LogP contribution < -0.4 is 20.1 Å². The van der Waals surface area contributed by atoms with Crippen LogP contribution >= 0.6 is 11.6 Å². The third kappa shape index (κ3) is 6.33. The second-order valence-corrected chi connectivity index (χ2v) is 5.47. The highest BCUT2D eigenvalue weighted by atomic mass is 35.5. The molecule has 0 aromatic heterocycles. The number of hydrogen-bond acceptors (Lipinski definition) is 5. The van der Waals surface area contributed by atoms with Crippen molar-refractivity contribution in [1.82, 2.24) is 10.2 Å². The van der Waals surface area contributed by atoms with E-state index in [1.807, 2.05) is 19.0 Å². The molecule has 0 heterocycles. The molecule has 23 heavy (non-hydrogen) atoms. The minimum absolute atomic E-state index is 0.276.